The van der Waals surface area contributed by atoms with Crippen molar-refractivity contribution in [2.45, 2.75) is 33.2 Å². The molecule has 1 unspecified atom stereocenters. The molecule has 3 nitrogen and oxygen atoms in total. The Morgan fingerprint density at radius 1 is 0.933 bits per heavy atom. The van der Waals surface area contributed by atoms with Crippen LogP contribution >= 0.6 is 0 Å². The van der Waals surface area contributed by atoms with Gasteiger partial charge in [-0.25, -0.2) is 0 Å². The number of para-hydroxylation sites is 2. The van der Waals surface area contributed by atoms with Gasteiger partial charge in [0.2, 0.25) is 0 Å². The van der Waals surface area contributed by atoms with E-state index >= 15 is 0 Å². The van der Waals surface area contributed by atoms with E-state index in [9.17, 15) is 0 Å². The summed E-state index contributed by atoms with van der Waals surface area (Å²) in [5, 5.41) is 0. The normalized spacial score (nSPS) is 12.6. The highest BCUT2D eigenvalue weighted by atomic mass is 16.7. The molecule has 0 fully saturated rings. The molecular formula is C12H18O3. The zero-order valence-electron chi connectivity index (χ0n) is 9.69. The topological polar surface area (TPSA) is 27.7 Å². The molecule has 0 saturated carbocycles. The maximum Gasteiger partial charge on any atom is 0.196 e. The second-order valence-corrected chi connectivity index (χ2v) is 3.53. The van der Waals surface area contributed by atoms with Crippen molar-refractivity contribution in [1.82, 2.24) is 0 Å². The third kappa shape index (κ3) is 3.80. The summed E-state index contributed by atoms with van der Waals surface area (Å²) in [6.07, 6.45) is -0.144. The van der Waals surface area contributed by atoms with Crippen molar-refractivity contribution in [3.63, 3.8) is 0 Å². The summed E-state index contributed by atoms with van der Waals surface area (Å²) in [7, 11) is 1.61. The van der Waals surface area contributed by atoms with Gasteiger partial charge in [0.15, 0.2) is 17.8 Å². The Hall–Kier alpha value is -1.22. The molecule has 0 bridgehead atoms. The summed E-state index contributed by atoms with van der Waals surface area (Å²) in [4.78, 5) is 0. The van der Waals surface area contributed by atoms with E-state index in [1.807, 2.05) is 45.0 Å². The molecule has 0 aliphatic rings. The van der Waals surface area contributed by atoms with Gasteiger partial charge in [-0.05, 0) is 32.9 Å². The molecule has 0 aliphatic heterocycles. The molecule has 1 rings (SSSR count). The highest BCUT2D eigenvalue weighted by molar-refractivity contribution is 5.39. The molecular weight excluding hydrogens is 192 g/mol. The van der Waals surface area contributed by atoms with Gasteiger partial charge in [0, 0.05) is 7.11 Å². The van der Waals surface area contributed by atoms with Crippen LogP contribution in [0.25, 0.3) is 0 Å². The van der Waals surface area contributed by atoms with Crippen LogP contribution in [0.5, 0.6) is 11.5 Å². The van der Waals surface area contributed by atoms with Crippen LogP contribution in [-0.2, 0) is 4.74 Å². The minimum absolute atomic E-state index is 0.132. The van der Waals surface area contributed by atoms with E-state index in [2.05, 4.69) is 0 Å². The average Bonchev–Trinajstić information content (AvgIpc) is 2.20. The van der Waals surface area contributed by atoms with Crippen molar-refractivity contribution in [1.29, 1.82) is 0 Å². The zero-order valence-corrected chi connectivity index (χ0v) is 9.69. The van der Waals surface area contributed by atoms with Crippen LogP contribution in [0.15, 0.2) is 24.3 Å². The van der Waals surface area contributed by atoms with Gasteiger partial charge in [-0.1, -0.05) is 12.1 Å². The Morgan fingerprint density at radius 3 is 1.93 bits per heavy atom. The van der Waals surface area contributed by atoms with Crippen LogP contribution in [-0.4, -0.2) is 19.5 Å². The van der Waals surface area contributed by atoms with Crippen LogP contribution in [0.4, 0.5) is 0 Å². The fourth-order valence-corrected chi connectivity index (χ4v) is 1.13. The fourth-order valence-electron chi connectivity index (χ4n) is 1.13. The molecule has 0 radical (unpaired) electrons. The van der Waals surface area contributed by atoms with E-state index in [0.717, 1.165) is 5.75 Å². The van der Waals surface area contributed by atoms with Gasteiger partial charge in [-0.15, -0.1) is 0 Å². The second kappa shape index (κ2) is 5.61. The lowest BCUT2D eigenvalue weighted by Gasteiger charge is -2.17. The molecule has 0 amide bonds. The summed E-state index contributed by atoms with van der Waals surface area (Å²) in [5.41, 5.74) is 0. The summed E-state index contributed by atoms with van der Waals surface area (Å²) in [5.74, 6) is 1.46. The molecule has 15 heavy (non-hydrogen) atoms. The van der Waals surface area contributed by atoms with Crippen molar-refractivity contribution < 1.29 is 14.2 Å². The number of methoxy groups -OCH3 is 1. The highest BCUT2D eigenvalue weighted by Crippen LogP contribution is 2.28. The van der Waals surface area contributed by atoms with Crippen LogP contribution in [0.1, 0.15) is 20.8 Å². The number of rotatable bonds is 5. The number of ether oxygens (including phenoxy) is 3. The monoisotopic (exact) mass is 210 g/mol. The molecule has 0 saturated heterocycles. The largest absolute Gasteiger partial charge is 0.487 e. The quantitative estimate of drug-likeness (QED) is 0.699. The minimum atomic E-state index is -0.276. The molecule has 0 N–H and O–H groups in total. The Kier molecular flexibility index (Phi) is 4.43. The SMILES string of the molecule is COC(C)Oc1ccccc1OC(C)C. The van der Waals surface area contributed by atoms with Gasteiger partial charge >= 0.3 is 0 Å². The number of hydrogen-bond acceptors (Lipinski definition) is 3. The first-order valence-corrected chi connectivity index (χ1v) is 5.08. The van der Waals surface area contributed by atoms with E-state index in [1.54, 1.807) is 7.11 Å². The lowest BCUT2D eigenvalue weighted by Crippen LogP contribution is -2.15. The Balaban J connectivity index is 2.76. The van der Waals surface area contributed by atoms with Crippen LogP contribution in [0.3, 0.4) is 0 Å². The molecule has 0 heterocycles. The van der Waals surface area contributed by atoms with Crippen molar-refractivity contribution in [3.8, 4) is 11.5 Å². The molecule has 0 aliphatic carbocycles. The maximum atomic E-state index is 5.61. The molecule has 0 aromatic heterocycles. The lowest BCUT2D eigenvalue weighted by atomic mass is 10.3. The highest BCUT2D eigenvalue weighted by Gasteiger charge is 2.08. The molecule has 1 aromatic carbocycles. The van der Waals surface area contributed by atoms with Crippen molar-refractivity contribution in [2.24, 2.45) is 0 Å². The van der Waals surface area contributed by atoms with E-state index in [-0.39, 0.29) is 12.4 Å². The predicted molar refractivity (Wildman–Crippen MR) is 59.3 cm³/mol. The van der Waals surface area contributed by atoms with Crippen molar-refractivity contribution in [2.75, 3.05) is 7.11 Å². The Labute approximate surface area is 91.0 Å². The molecule has 1 atom stereocenters. The maximum absolute atomic E-state index is 5.61. The average molecular weight is 210 g/mol. The first kappa shape index (κ1) is 11.9. The van der Waals surface area contributed by atoms with Crippen LogP contribution in [0.2, 0.25) is 0 Å². The number of benzene rings is 1. The molecule has 1 aromatic rings. The van der Waals surface area contributed by atoms with Gasteiger partial charge in [-0.2, -0.15) is 0 Å². The Morgan fingerprint density at radius 2 is 1.47 bits per heavy atom. The lowest BCUT2D eigenvalue weighted by molar-refractivity contribution is -0.0401. The van der Waals surface area contributed by atoms with E-state index in [4.69, 9.17) is 14.2 Å². The summed E-state index contributed by atoms with van der Waals surface area (Å²) < 4.78 is 16.2. The third-order valence-corrected chi connectivity index (χ3v) is 1.84. The van der Waals surface area contributed by atoms with E-state index in [0.29, 0.717) is 5.75 Å². The number of hydrogen-bond donors (Lipinski definition) is 0. The zero-order chi connectivity index (χ0) is 11.3. The van der Waals surface area contributed by atoms with Gasteiger partial charge in [0.25, 0.3) is 0 Å². The Bertz CT molecular complexity index is 297. The van der Waals surface area contributed by atoms with Gasteiger partial charge in [0.1, 0.15) is 0 Å². The van der Waals surface area contributed by atoms with Crippen molar-refractivity contribution >= 4 is 0 Å². The van der Waals surface area contributed by atoms with Gasteiger partial charge < -0.3 is 14.2 Å². The molecule has 0 spiro atoms. The van der Waals surface area contributed by atoms with E-state index < -0.39 is 0 Å². The first-order chi connectivity index (χ1) is 7.13. The third-order valence-electron chi connectivity index (χ3n) is 1.84. The minimum Gasteiger partial charge on any atom is -0.487 e. The molecule has 3 heteroatoms. The van der Waals surface area contributed by atoms with Crippen molar-refractivity contribution in [3.05, 3.63) is 24.3 Å². The summed E-state index contributed by atoms with van der Waals surface area (Å²) in [6.45, 7) is 5.80. The standard InChI is InChI=1S/C12H18O3/c1-9(2)14-11-7-5-6-8-12(11)15-10(3)13-4/h5-10H,1-4H3. The fraction of sp³-hybridized carbons (Fsp3) is 0.500. The molecule has 84 valence electrons. The van der Waals surface area contributed by atoms with Gasteiger partial charge in [-0.3, -0.25) is 0 Å². The smallest absolute Gasteiger partial charge is 0.196 e. The van der Waals surface area contributed by atoms with Gasteiger partial charge in [0.05, 0.1) is 6.10 Å². The summed E-state index contributed by atoms with van der Waals surface area (Å²) >= 11 is 0. The van der Waals surface area contributed by atoms with Crippen LogP contribution < -0.4 is 9.47 Å². The first-order valence-electron chi connectivity index (χ1n) is 5.08. The predicted octanol–water partition coefficient (Wildman–Crippen LogP) is 2.85. The van der Waals surface area contributed by atoms with E-state index in [1.165, 1.54) is 0 Å². The summed E-state index contributed by atoms with van der Waals surface area (Å²) in [6, 6.07) is 7.58. The second-order valence-electron chi connectivity index (χ2n) is 3.53. The van der Waals surface area contributed by atoms with Crippen LogP contribution in [0, 0.1) is 0 Å².